The van der Waals surface area contributed by atoms with E-state index in [1.165, 1.54) is 11.1 Å². The van der Waals surface area contributed by atoms with Gasteiger partial charge < -0.3 is 15.6 Å². The number of hydrogen-bond acceptors (Lipinski definition) is 4. The van der Waals surface area contributed by atoms with Crippen LogP contribution in [0.2, 0.25) is 0 Å². The number of nitrogens with zero attached hydrogens (tertiary/aromatic N) is 1. The fourth-order valence-electron chi connectivity index (χ4n) is 3.99. The van der Waals surface area contributed by atoms with Crippen LogP contribution in [0, 0.1) is 6.92 Å². The van der Waals surface area contributed by atoms with Crippen LogP contribution in [0.25, 0.3) is 0 Å². The number of pyridine rings is 2. The Bertz CT molecular complexity index is 917. The molecule has 26 heavy (non-hydrogen) atoms. The van der Waals surface area contributed by atoms with Gasteiger partial charge in [0.25, 0.3) is 11.5 Å². The fraction of sp³-hybridized carbons (Fsp3) is 0.450. The molecule has 3 N–H and O–H groups in total. The van der Waals surface area contributed by atoms with Crippen LogP contribution in [0.5, 0.6) is 0 Å². The minimum absolute atomic E-state index is 0.211. The smallest absolute Gasteiger partial charge is 0.261 e. The summed E-state index contributed by atoms with van der Waals surface area (Å²) in [6.07, 6.45) is 6.86. The van der Waals surface area contributed by atoms with Crippen molar-refractivity contribution in [2.45, 2.75) is 52.1 Å². The van der Waals surface area contributed by atoms with Gasteiger partial charge in [0.15, 0.2) is 0 Å². The van der Waals surface area contributed by atoms with Crippen molar-refractivity contribution >= 4 is 5.91 Å². The number of rotatable bonds is 3. The van der Waals surface area contributed by atoms with E-state index in [4.69, 9.17) is 0 Å². The highest BCUT2D eigenvalue weighted by Crippen LogP contribution is 2.21. The molecular weight excluding hydrogens is 328 g/mol. The molecule has 136 valence electrons. The molecule has 0 spiro atoms. The van der Waals surface area contributed by atoms with E-state index < -0.39 is 0 Å². The third-order valence-electron chi connectivity index (χ3n) is 5.48. The molecule has 0 radical (unpaired) electrons. The zero-order chi connectivity index (χ0) is 18.1. The number of hydrogen-bond donors (Lipinski definition) is 3. The molecule has 0 saturated carbocycles. The first-order valence-electron chi connectivity index (χ1n) is 9.33. The number of fused-ring (bicyclic) bond motifs is 2. The van der Waals surface area contributed by atoms with Gasteiger partial charge >= 0.3 is 0 Å². The minimum Gasteiger partial charge on any atom is -0.348 e. The van der Waals surface area contributed by atoms with Crippen molar-refractivity contribution < 1.29 is 4.79 Å². The molecule has 0 saturated heterocycles. The number of aromatic nitrogens is 2. The van der Waals surface area contributed by atoms with Crippen LogP contribution in [0.1, 0.15) is 56.8 Å². The lowest BCUT2D eigenvalue weighted by molar-refractivity contribution is 0.0949. The van der Waals surface area contributed by atoms with E-state index in [1.54, 1.807) is 6.07 Å². The Hall–Kier alpha value is -2.47. The van der Waals surface area contributed by atoms with Gasteiger partial charge in [-0.25, -0.2) is 0 Å². The van der Waals surface area contributed by atoms with Gasteiger partial charge in [-0.05, 0) is 73.9 Å². The summed E-state index contributed by atoms with van der Waals surface area (Å²) in [6.45, 7) is 4.11. The third kappa shape index (κ3) is 3.17. The van der Waals surface area contributed by atoms with Gasteiger partial charge in [-0.3, -0.25) is 14.6 Å². The number of carbonyl (C=O) groups is 1. The van der Waals surface area contributed by atoms with Crippen molar-refractivity contribution in [1.82, 2.24) is 20.6 Å². The van der Waals surface area contributed by atoms with E-state index >= 15 is 0 Å². The predicted octanol–water partition coefficient (Wildman–Crippen LogP) is 1.53. The van der Waals surface area contributed by atoms with Crippen LogP contribution in [0.4, 0.5) is 0 Å². The molecule has 1 aliphatic carbocycles. The molecule has 2 aromatic heterocycles. The van der Waals surface area contributed by atoms with Crippen molar-refractivity contribution in [2.75, 3.05) is 6.54 Å². The second-order valence-electron chi connectivity index (χ2n) is 7.16. The Morgan fingerprint density at radius 1 is 1.23 bits per heavy atom. The summed E-state index contributed by atoms with van der Waals surface area (Å²) < 4.78 is 0. The quantitative estimate of drug-likeness (QED) is 0.782. The zero-order valence-corrected chi connectivity index (χ0v) is 15.1. The SMILES string of the molecule is Cc1ncc2c(c1CNC(=O)c1cc3c([nH]c1=O)CCCC3)CCNC2. The first-order chi connectivity index (χ1) is 12.6. The number of nitrogens with one attached hydrogen (secondary N) is 3. The van der Waals surface area contributed by atoms with Crippen molar-refractivity contribution in [2.24, 2.45) is 0 Å². The highest BCUT2D eigenvalue weighted by atomic mass is 16.2. The molecule has 6 nitrogen and oxygen atoms in total. The molecule has 1 amide bonds. The molecule has 6 heteroatoms. The lowest BCUT2D eigenvalue weighted by Crippen LogP contribution is -2.32. The highest BCUT2D eigenvalue weighted by molar-refractivity contribution is 5.94. The average molecular weight is 352 g/mol. The van der Waals surface area contributed by atoms with Crippen LogP contribution in [-0.2, 0) is 32.4 Å². The van der Waals surface area contributed by atoms with Crippen LogP contribution >= 0.6 is 0 Å². The molecule has 2 aliphatic rings. The van der Waals surface area contributed by atoms with Gasteiger partial charge in [-0.15, -0.1) is 0 Å². The molecule has 0 aromatic carbocycles. The Kier molecular flexibility index (Phi) is 4.59. The van der Waals surface area contributed by atoms with Gasteiger partial charge in [-0.2, -0.15) is 0 Å². The predicted molar refractivity (Wildman–Crippen MR) is 99.3 cm³/mol. The van der Waals surface area contributed by atoms with E-state index in [0.29, 0.717) is 6.54 Å². The van der Waals surface area contributed by atoms with Crippen LogP contribution in [-0.4, -0.2) is 22.4 Å². The summed E-state index contributed by atoms with van der Waals surface area (Å²) in [4.78, 5) is 32.3. The monoisotopic (exact) mass is 352 g/mol. The van der Waals surface area contributed by atoms with Gasteiger partial charge in [0.05, 0.1) is 0 Å². The van der Waals surface area contributed by atoms with Gasteiger partial charge in [0.1, 0.15) is 5.56 Å². The average Bonchev–Trinajstić information content (AvgIpc) is 2.66. The Morgan fingerprint density at radius 2 is 2.08 bits per heavy atom. The van der Waals surface area contributed by atoms with Crippen LogP contribution < -0.4 is 16.2 Å². The highest BCUT2D eigenvalue weighted by Gasteiger charge is 2.19. The van der Waals surface area contributed by atoms with Crippen molar-refractivity contribution in [3.63, 3.8) is 0 Å². The first-order valence-corrected chi connectivity index (χ1v) is 9.33. The molecule has 2 aromatic rings. The summed E-state index contributed by atoms with van der Waals surface area (Å²) in [5.74, 6) is -0.314. The molecule has 0 bridgehead atoms. The maximum Gasteiger partial charge on any atom is 0.261 e. The summed E-state index contributed by atoms with van der Waals surface area (Å²) in [5, 5.41) is 6.28. The minimum atomic E-state index is -0.314. The fourth-order valence-corrected chi connectivity index (χ4v) is 3.99. The van der Waals surface area contributed by atoms with E-state index in [1.807, 2.05) is 13.1 Å². The Morgan fingerprint density at radius 3 is 2.96 bits per heavy atom. The molecule has 0 fully saturated rings. The van der Waals surface area contributed by atoms with Crippen LogP contribution in [0.15, 0.2) is 17.1 Å². The van der Waals surface area contributed by atoms with Crippen LogP contribution in [0.3, 0.4) is 0 Å². The normalized spacial score (nSPS) is 15.9. The number of amides is 1. The summed E-state index contributed by atoms with van der Waals surface area (Å²) in [5.41, 5.74) is 6.48. The third-order valence-corrected chi connectivity index (χ3v) is 5.48. The Labute approximate surface area is 152 Å². The molecule has 3 heterocycles. The largest absolute Gasteiger partial charge is 0.348 e. The van der Waals surface area contributed by atoms with E-state index in [-0.39, 0.29) is 17.0 Å². The van der Waals surface area contributed by atoms with E-state index in [9.17, 15) is 9.59 Å². The molecule has 4 rings (SSSR count). The second kappa shape index (κ2) is 7.03. The van der Waals surface area contributed by atoms with E-state index in [2.05, 4.69) is 20.6 Å². The van der Waals surface area contributed by atoms with E-state index in [0.717, 1.165) is 67.7 Å². The number of aryl methyl sites for hydroxylation is 3. The first kappa shape index (κ1) is 17.0. The standard InChI is InChI=1S/C20H24N4O2/c1-12-17(15-6-7-21-9-14(15)10-22-12)11-23-19(25)16-8-13-4-2-3-5-18(13)24-20(16)26/h8,10,21H,2-7,9,11H2,1H3,(H,23,25)(H,24,26). The number of carbonyl (C=O) groups excluding carboxylic acids is 1. The molecular formula is C20H24N4O2. The number of H-pyrrole nitrogens is 1. The second-order valence-corrected chi connectivity index (χ2v) is 7.16. The van der Waals surface area contributed by atoms with Crippen molar-refractivity contribution in [1.29, 1.82) is 0 Å². The molecule has 1 aliphatic heterocycles. The lowest BCUT2D eigenvalue weighted by Gasteiger charge is -2.21. The Balaban J connectivity index is 1.56. The van der Waals surface area contributed by atoms with Crippen molar-refractivity contribution in [3.05, 3.63) is 61.8 Å². The summed E-state index contributed by atoms with van der Waals surface area (Å²) in [7, 11) is 0. The maximum absolute atomic E-state index is 12.6. The van der Waals surface area contributed by atoms with Gasteiger partial charge in [-0.1, -0.05) is 0 Å². The van der Waals surface area contributed by atoms with Crippen molar-refractivity contribution in [3.8, 4) is 0 Å². The maximum atomic E-state index is 12.6. The lowest BCUT2D eigenvalue weighted by atomic mass is 9.94. The summed E-state index contributed by atoms with van der Waals surface area (Å²) in [6, 6.07) is 1.78. The van der Waals surface area contributed by atoms with Gasteiger partial charge in [0, 0.05) is 30.7 Å². The topological polar surface area (TPSA) is 86.9 Å². The van der Waals surface area contributed by atoms with Gasteiger partial charge in [0.2, 0.25) is 0 Å². The molecule has 0 unspecified atom stereocenters. The zero-order valence-electron chi connectivity index (χ0n) is 15.1. The summed E-state index contributed by atoms with van der Waals surface area (Å²) >= 11 is 0. The number of aromatic amines is 1. The molecule has 0 atom stereocenters.